The minimum absolute atomic E-state index is 0.259. The molecule has 0 N–H and O–H groups in total. The number of nitrogens with zero attached hydrogens (tertiary/aromatic N) is 3. The Bertz CT molecular complexity index is 2470. The van der Waals surface area contributed by atoms with Crippen LogP contribution in [0.5, 0.6) is 0 Å². The second-order valence-electron chi connectivity index (χ2n) is 13.0. The van der Waals surface area contributed by atoms with Gasteiger partial charge in [0, 0.05) is 22.1 Å². The zero-order valence-corrected chi connectivity index (χ0v) is 27.7. The molecule has 236 valence electrons. The van der Waals surface area contributed by atoms with Crippen molar-refractivity contribution in [2.75, 3.05) is 0 Å². The summed E-state index contributed by atoms with van der Waals surface area (Å²) >= 11 is 0. The van der Waals surface area contributed by atoms with Gasteiger partial charge >= 0.3 is 0 Å². The molecule has 3 nitrogen and oxygen atoms in total. The maximum Gasteiger partial charge on any atom is 0.164 e. The van der Waals surface area contributed by atoms with Crippen molar-refractivity contribution in [3.63, 3.8) is 0 Å². The van der Waals surface area contributed by atoms with Gasteiger partial charge in [0.1, 0.15) is 0 Å². The van der Waals surface area contributed by atoms with Gasteiger partial charge in [-0.1, -0.05) is 170 Å². The van der Waals surface area contributed by atoms with Gasteiger partial charge in [0.25, 0.3) is 0 Å². The van der Waals surface area contributed by atoms with Crippen LogP contribution in [0.4, 0.5) is 0 Å². The van der Waals surface area contributed by atoms with E-state index in [0.717, 1.165) is 33.4 Å². The van der Waals surface area contributed by atoms with Crippen LogP contribution in [0.1, 0.15) is 23.6 Å². The minimum Gasteiger partial charge on any atom is -0.208 e. The Morgan fingerprint density at radius 3 is 1.46 bits per heavy atom. The van der Waals surface area contributed by atoms with E-state index in [1.807, 2.05) is 36.4 Å². The summed E-state index contributed by atoms with van der Waals surface area (Å²) in [5, 5.41) is 0. The summed E-state index contributed by atoms with van der Waals surface area (Å²) < 4.78 is 0. The van der Waals surface area contributed by atoms with Crippen molar-refractivity contribution in [1.29, 1.82) is 0 Å². The first-order valence-corrected chi connectivity index (χ1v) is 17.0. The second-order valence-corrected chi connectivity index (χ2v) is 13.0. The summed E-state index contributed by atoms with van der Waals surface area (Å²) in [6, 6.07) is 64.2. The fraction of sp³-hybridized carbons (Fsp3) is 0.0426. The molecule has 0 saturated carbocycles. The van der Waals surface area contributed by atoms with E-state index >= 15 is 0 Å². The molecule has 1 atom stereocenters. The first-order chi connectivity index (χ1) is 24.6. The monoisotopic (exact) mass is 639 g/mol. The topological polar surface area (TPSA) is 38.7 Å². The number of hydrogen-bond acceptors (Lipinski definition) is 3. The third-order valence-corrected chi connectivity index (χ3v) is 10.0. The molecule has 1 heterocycles. The molecule has 1 unspecified atom stereocenters. The summed E-state index contributed by atoms with van der Waals surface area (Å²) in [7, 11) is 0. The molecule has 3 heteroatoms. The van der Waals surface area contributed by atoms with E-state index in [1.165, 1.54) is 33.4 Å². The van der Waals surface area contributed by atoms with Crippen LogP contribution in [0, 0.1) is 0 Å². The third kappa shape index (κ3) is 5.12. The number of benzene rings is 7. The highest BCUT2D eigenvalue weighted by molar-refractivity contribution is 5.86. The van der Waals surface area contributed by atoms with E-state index in [2.05, 4.69) is 153 Å². The van der Waals surface area contributed by atoms with Gasteiger partial charge in [-0.05, 0) is 69.1 Å². The Balaban J connectivity index is 1.14. The van der Waals surface area contributed by atoms with Gasteiger partial charge < -0.3 is 0 Å². The fourth-order valence-electron chi connectivity index (χ4n) is 7.38. The molecular weight excluding hydrogens is 607 g/mol. The Hall–Kier alpha value is -6.45. The van der Waals surface area contributed by atoms with E-state index in [1.54, 1.807) is 0 Å². The van der Waals surface area contributed by atoms with Crippen molar-refractivity contribution in [1.82, 2.24) is 15.0 Å². The van der Waals surface area contributed by atoms with Gasteiger partial charge in [0.2, 0.25) is 0 Å². The van der Waals surface area contributed by atoms with E-state index in [-0.39, 0.29) is 5.41 Å². The molecule has 0 fully saturated rings. The standard InChI is InChI=1S/C47H33N3/c1-47(39-20-9-4-10-21-39)42-23-12-11-22-40(42)41-29-28-37(31-43(41)47)36-18-13-19-38(30-36)46-49-44(34-16-7-3-8-17-34)48-45(50-46)35-26-24-33(25-27-35)32-14-5-2-6-15-32/h2-31H,1H3. The first-order valence-electron chi connectivity index (χ1n) is 17.0. The maximum absolute atomic E-state index is 5.06. The molecule has 7 aromatic carbocycles. The molecule has 1 aromatic heterocycles. The van der Waals surface area contributed by atoms with Crippen LogP contribution in [0.15, 0.2) is 182 Å². The van der Waals surface area contributed by atoms with Crippen LogP contribution in [0.2, 0.25) is 0 Å². The predicted molar refractivity (Wildman–Crippen MR) is 204 cm³/mol. The van der Waals surface area contributed by atoms with Crippen molar-refractivity contribution in [2.24, 2.45) is 0 Å². The first kappa shape index (κ1) is 29.7. The highest BCUT2D eigenvalue weighted by atomic mass is 15.0. The highest BCUT2D eigenvalue weighted by Gasteiger charge is 2.40. The van der Waals surface area contributed by atoms with Crippen molar-refractivity contribution in [2.45, 2.75) is 12.3 Å². The molecule has 0 radical (unpaired) electrons. The normalized spacial score (nSPS) is 14.6. The van der Waals surface area contributed by atoms with Crippen LogP contribution in [-0.2, 0) is 5.41 Å². The lowest BCUT2D eigenvalue weighted by molar-refractivity contribution is 0.714. The van der Waals surface area contributed by atoms with E-state index in [0.29, 0.717) is 17.5 Å². The Labute approximate surface area is 292 Å². The Morgan fingerprint density at radius 1 is 0.320 bits per heavy atom. The number of aromatic nitrogens is 3. The molecular formula is C47H33N3. The molecule has 9 rings (SSSR count). The average Bonchev–Trinajstić information content (AvgIpc) is 3.47. The average molecular weight is 640 g/mol. The summed E-state index contributed by atoms with van der Waals surface area (Å²) in [5.74, 6) is 1.94. The lowest BCUT2D eigenvalue weighted by Crippen LogP contribution is -2.22. The second kappa shape index (κ2) is 12.2. The smallest absolute Gasteiger partial charge is 0.164 e. The Morgan fingerprint density at radius 2 is 0.760 bits per heavy atom. The molecule has 0 aliphatic heterocycles. The van der Waals surface area contributed by atoms with Gasteiger partial charge in [-0.15, -0.1) is 0 Å². The van der Waals surface area contributed by atoms with Gasteiger partial charge in [0.15, 0.2) is 17.5 Å². The lowest BCUT2D eigenvalue weighted by atomic mass is 9.74. The van der Waals surface area contributed by atoms with Gasteiger partial charge in [-0.2, -0.15) is 0 Å². The van der Waals surface area contributed by atoms with Gasteiger partial charge in [-0.3, -0.25) is 0 Å². The number of rotatable bonds is 6. The molecule has 0 amide bonds. The molecule has 1 aliphatic rings. The molecule has 1 aliphatic carbocycles. The minimum atomic E-state index is -0.259. The third-order valence-electron chi connectivity index (χ3n) is 10.0. The van der Waals surface area contributed by atoms with Crippen molar-refractivity contribution >= 4 is 0 Å². The highest BCUT2D eigenvalue weighted by Crippen LogP contribution is 2.53. The van der Waals surface area contributed by atoms with Gasteiger partial charge in [-0.25, -0.2) is 15.0 Å². The van der Waals surface area contributed by atoms with Crippen molar-refractivity contribution in [3.8, 4) is 67.5 Å². The molecule has 50 heavy (non-hydrogen) atoms. The molecule has 0 saturated heterocycles. The SMILES string of the molecule is CC1(c2ccccc2)c2ccccc2-c2ccc(-c3cccc(-c4nc(-c5ccccc5)nc(-c5ccc(-c6ccccc6)cc5)n4)c3)cc21. The quantitative estimate of drug-likeness (QED) is 0.182. The molecule has 0 bridgehead atoms. The summed E-state index contributed by atoms with van der Waals surface area (Å²) in [4.78, 5) is 15.1. The molecule has 8 aromatic rings. The van der Waals surface area contributed by atoms with Crippen LogP contribution >= 0.6 is 0 Å². The summed E-state index contributed by atoms with van der Waals surface area (Å²) in [6.45, 7) is 2.36. The largest absolute Gasteiger partial charge is 0.208 e. The fourth-order valence-corrected chi connectivity index (χ4v) is 7.38. The zero-order valence-electron chi connectivity index (χ0n) is 27.7. The Kier molecular flexibility index (Phi) is 7.25. The van der Waals surface area contributed by atoms with Crippen LogP contribution < -0.4 is 0 Å². The zero-order chi connectivity index (χ0) is 33.5. The van der Waals surface area contributed by atoms with E-state index < -0.39 is 0 Å². The van der Waals surface area contributed by atoms with E-state index in [4.69, 9.17) is 15.0 Å². The van der Waals surface area contributed by atoms with Crippen LogP contribution in [0.3, 0.4) is 0 Å². The predicted octanol–water partition coefficient (Wildman–Crippen LogP) is 11.5. The van der Waals surface area contributed by atoms with Crippen LogP contribution in [-0.4, -0.2) is 15.0 Å². The van der Waals surface area contributed by atoms with Crippen molar-refractivity contribution < 1.29 is 0 Å². The van der Waals surface area contributed by atoms with Crippen molar-refractivity contribution in [3.05, 3.63) is 199 Å². The van der Waals surface area contributed by atoms with Gasteiger partial charge in [0.05, 0.1) is 0 Å². The van der Waals surface area contributed by atoms with E-state index in [9.17, 15) is 0 Å². The summed E-state index contributed by atoms with van der Waals surface area (Å²) in [6.07, 6.45) is 0. The molecule has 0 spiro atoms. The number of hydrogen-bond donors (Lipinski definition) is 0. The van der Waals surface area contributed by atoms with Crippen LogP contribution in [0.25, 0.3) is 67.5 Å². The summed E-state index contributed by atoms with van der Waals surface area (Å²) in [5.41, 5.74) is 13.7. The lowest BCUT2D eigenvalue weighted by Gasteiger charge is -2.28. The number of fused-ring (bicyclic) bond motifs is 3. The maximum atomic E-state index is 5.06.